The van der Waals surface area contributed by atoms with Crippen molar-refractivity contribution in [2.24, 2.45) is 5.92 Å². The highest BCUT2D eigenvalue weighted by Gasteiger charge is 2.37. The van der Waals surface area contributed by atoms with Crippen molar-refractivity contribution in [3.05, 3.63) is 89.5 Å². The average Bonchev–Trinajstić information content (AvgIpc) is 2.90. The summed E-state index contributed by atoms with van der Waals surface area (Å²) in [5, 5.41) is 0. The summed E-state index contributed by atoms with van der Waals surface area (Å²) < 4.78 is 36.4. The van der Waals surface area contributed by atoms with Crippen LogP contribution in [0.1, 0.15) is 62.5 Å². The van der Waals surface area contributed by atoms with Crippen molar-refractivity contribution in [1.82, 2.24) is 14.9 Å². The topological polar surface area (TPSA) is 101 Å². The molecule has 1 N–H and O–H groups in total. The predicted molar refractivity (Wildman–Crippen MR) is 167 cm³/mol. The Balaban J connectivity index is 2.06. The molecule has 0 spiro atoms. The van der Waals surface area contributed by atoms with Crippen molar-refractivity contribution in [2.45, 2.75) is 78.0 Å². The molecule has 2 atom stereocenters. The summed E-state index contributed by atoms with van der Waals surface area (Å²) in [6.45, 7) is 17.9. The van der Waals surface area contributed by atoms with Crippen molar-refractivity contribution >= 4 is 21.9 Å². The van der Waals surface area contributed by atoms with Gasteiger partial charge in [-0.2, -0.15) is 4.98 Å². The maximum Gasteiger partial charge on any atom is 0.264 e. The Kier molecular flexibility index (Phi) is 9.21. The Morgan fingerprint density at radius 2 is 1.74 bits per heavy atom. The number of aromatic nitrogens is 2. The Morgan fingerprint density at radius 3 is 2.36 bits per heavy atom. The van der Waals surface area contributed by atoms with Gasteiger partial charge in [-0.15, -0.1) is 0 Å². The summed E-state index contributed by atoms with van der Waals surface area (Å²) in [5.41, 5.74) is 4.47. The van der Waals surface area contributed by atoms with Crippen molar-refractivity contribution < 1.29 is 17.9 Å². The van der Waals surface area contributed by atoms with E-state index in [1.165, 1.54) is 12.1 Å². The number of amides is 1. The molecule has 9 heteroatoms. The first-order valence-electron chi connectivity index (χ1n) is 14.2. The van der Waals surface area contributed by atoms with E-state index in [9.17, 15) is 13.2 Å². The van der Waals surface area contributed by atoms with Crippen LogP contribution < -0.4 is 9.46 Å². The van der Waals surface area contributed by atoms with Crippen LogP contribution in [0.2, 0.25) is 0 Å². The van der Waals surface area contributed by atoms with Crippen molar-refractivity contribution in [3.63, 3.8) is 0 Å². The minimum Gasteiger partial charge on any atom is -0.467 e. The summed E-state index contributed by atoms with van der Waals surface area (Å²) in [6, 6.07) is 13.1. The van der Waals surface area contributed by atoms with Crippen molar-refractivity contribution in [1.29, 1.82) is 0 Å². The number of hydrogen-bond acceptors (Lipinski definition) is 6. The Bertz CT molecular complexity index is 1610. The minimum atomic E-state index is -4.14. The number of carbonyl (C=O) groups is 1. The molecule has 42 heavy (non-hydrogen) atoms. The first-order valence-corrected chi connectivity index (χ1v) is 15.7. The van der Waals surface area contributed by atoms with Crippen LogP contribution in [0.25, 0.3) is 11.3 Å². The van der Waals surface area contributed by atoms with Gasteiger partial charge in [0.05, 0.1) is 16.6 Å². The average molecular weight is 589 g/mol. The Labute approximate surface area is 249 Å². The number of aryl methyl sites for hydroxylation is 2. The standard InChI is InChI=1S/C33H40N4O4S/c1-9-12-24(8)31-28(17-20(2)3)37(21(4)5)32(38)25-15-11-16-26(18-25)42(39,40)36-33-34-27(19-29(35-33)41-31)30-22(6)13-10-14-23(30)7/h9-16,18-21,28,31H,1,17H2,2-8H3,(H,34,35,36)/b24-12+/t28-,31-/m1/s1. The number of hydrogen-bond donors (Lipinski definition) is 1. The van der Waals surface area contributed by atoms with Gasteiger partial charge in [0, 0.05) is 23.2 Å². The van der Waals surface area contributed by atoms with E-state index in [1.54, 1.807) is 29.2 Å². The summed E-state index contributed by atoms with van der Waals surface area (Å²) in [6.07, 6.45) is 3.59. The minimum absolute atomic E-state index is 0.0560. The van der Waals surface area contributed by atoms with Gasteiger partial charge in [0.1, 0.15) is 6.10 Å². The SMILES string of the molecule is C=C/C=C(\C)[C@H]1Oc2cc(-c3c(C)cccc3C)nc(n2)NS(=O)(=O)c2cccc(c2)C(=O)N(C(C)C)[C@@H]1CC(C)C. The molecule has 0 aliphatic carbocycles. The van der Waals surface area contributed by atoms with Crippen LogP contribution in [0.15, 0.2) is 77.7 Å². The second-order valence-corrected chi connectivity index (χ2v) is 13.2. The van der Waals surface area contributed by atoms with E-state index in [0.29, 0.717) is 12.1 Å². The number of fused-ring (bicyclic) bond motifs is 4. The maximum absolute atomic E-state index is 14.2. The highest BCUT2D eigenvalue weighted by molar-refractivity contribution is 7.92. The fourth-order valence-electron chi connectivity index (χ4n) is 5.52. The number of nitrogens with zero attached hydrogens (tertiary/aromatic N) is 3. The molecule has 0 radical (unpaired) electrons. The molecule has 2 aromatic carbocycles. The third kappa shape index (κ3) is 6.57. The van der Waals surface area contributed by atoms with Gasteiger partial charge >= 0.3 is 0 Å². The number of anilines is 1. The van der Waals surface area contributed by atoms with Gasteiger partial charge in [-0.1, -0.05) is 56.8 Å². The highest BCUT2D eigenvalue weighted by atomic mass is 32.2. The predicted octanol–water partition coefficient (Wildman–Crippen LogP) is 6.72. The van der Waals surface area contributed by atoms with E-state index in [0.717, 1.165) is 22.3 Å². The number of sulfonamides is 1. The van der Waals surface area contributed by atoms with Gasteiger partial charge in [-0.25, -0.2) is 18.1 Å². The van der Waals surface area contributed by atoms with Gasteiger partial charge in [0.25, 0.3) is 15.9 Å². The summed E-state index contributed by atoms with van der Waals surface area (Å²) in [5.74, 6) is 0.0206. The van der Waals surface area contributed by atoms with Crippen LogP contribution in [0.3, 0.4) is 0 Å². The van der Waals surface area contributed by atoms with E-state index < -0.39 is 22.2 Å². The fraction of sp³-hybridized carbons (Fsp3) is 0.364. The first kappa shape index (κ1) is 31.0. The quantitative estimate of drug-likeness (QED) is 0.321. The number of benzene rings is 2. The smallest absolute Gasteiger partial charge is 0.264 e. The van der Waals surface area contributed by atoms with Gasteiger partial charge in [0.15, 0.2) is 0 Å². The zero-order valence-electron chi connectivity index (χ0n) is 25.4. The molecule has 0 unspecified atom stereocenters. The molecule has 8 nitrogen and oxygen atoms in total. The monoisotopic (exact) mass is 588 g/mol. The van der Waals surface area contributed by atoms with Crippen LogP contribution in [0.4, 0.5) is 5.95 Å². The lowest BCUT2D eigenvalue weighted by molar-refractivity contribution is 0.0345. The Hall–Kier alpha value is -3.98. The van der Waals surface area contributed by atoms with E-state index in [4.69, 9.17) is 4.74 Å². The molecule has 2 heterocycles. The van der Waals surface area contributed by atoms with E-state index >= 15 is 0 Å². The van der Waals surface area contributed by atoms with Crippen LogP contribution in [-0.4, -0.2) is 47.4 Å². The molecule has 222 valence electrons. The number of nitrogens with one attached hydrogen (secondary N) is 1. The molecule has 3 aromatic rings. The van der Waals surface area contributed by atoms with Crippen LogP contribution in [0, 0.1) is 19.8 Å². The molecule has 1 amide bonds. The van der Waals surface area contributed by atoms with Crippen molar-refractivity contribution in [3.8, 4) is 17.1 Å². The van der Waals surface area contributed by atoms with E-state index in [2.05, 4.69) is 35.1 Å². The third-order valence-electron chi connectivity index (χ3n) is 7.34. The molecule has 0 saturated heterocycles. The molecule has 1 aliphatic heterocycles. The second-order valence-electron chi connectivity index (χ2n) is 11.5. The molecule has 1 aromatic heterocycles. The Morgan fingerprint density at radius 1 is 1.07 bits per heavy atom. The summed E-state index contributed by atoms with van der Waals surface area (Å²) >= 11 is 0. The number of rotatable bonds is 6. The molecule has 0 fully saturated rings. The lowest BCUT2D eigenvalue weighted by atomic mass is 9.91. The third-order valence-corrected chi connectivity index (χ3v) is 8.67. The lowest BCUT2D eigenvalue weighted by Crippen LogP contribution is -2.53. The molecular weight excluding hydrogens is 548 g/mol. The van der Waals surface area contributed by atoms with Gasteiger partial charge in [-0.05, 0) is 81.9 Å². The largest absolute Gasteiger partial charge is 0.467 e. The van der Waals surface area contributed by atoms with Crippen LogP contribution in [0.5, 0.6) is 5.88 Å². The maximum atomic E-state index is 14.2. The molecule has 4 rings (SSSR count). The molecule has 4 bridgehead atoms. The molecule has 0 saturated carbocycles. The molecular formula is C33H40N4O4S. The number of allylic oxidation sites excluding steroid dienone is 2. The molecule has 1 aliphatic rings. The normalized spacial score (nSPS) is 18.9. The summed E-state index contributed by atoms with van der Waals surface area (Å²) in [4.78, 5) is 25.1. The van der Waals surface area contributed by atoms with Gasteiger partial charge < -0.3 is 9.64 Å². The van der Waals surface area contributed by atoms with Crippen LogP contribution in [-0.2, 0) is 10.0 Å². The number of carbonyl (C=O) groups excluding carboxylic acids is 1. The lowest BCUT2D eigenvalue weighted by Gasteiger charge is -2.41. The van der Waals surface area contributed by atoms with Gasteiger partial charge in [-0.3, -0.25) is 4.79 Å². The van der Waals surface area contributed by atoms with Crippen molar-refractivity contribution in [2.75, 3.05) is 4.72 Å². The second kappa shape index (κ2) is 12.5. The zero-order valence-corrected chi connectivity index (χ0v) is 26.2. The van der Waals surface area contributed by atoms with E-state index in [-0.39, 0.29) is 40.2 Å². The fourth-order valence-corrected chi connectivity index (χ4v) is 6.51. The highest BCUT2D eigenvalue weighted by Crippen LogP contribution is 2.33. The zero-order chi connectivity index (χ0) is 30.8. The van der Waals surface area contributed by atoms with Crippen LogP contribution >= 0.6 is 0 Å². The first-order chi connectivity index (χ1) is 19.8. The summed E-state index contributed by atoms with van der Waals surface area (Å²) in [7, 11) is -4.14. The van der Waals surface area contributed by atoms with Gasteiger partial charge in [0.2, 0.25) is 11.8 Å². The van der Waals surface area contributed by atoms with E-state index in [1.807, 2.05) is 58.9 Å². The number of ether oxygens (including phenoxy) is 1.